The molecule has 1 saturated heterocycles. The number of nitrogens with zero attached hydrogens (tertiary/aromatic N) is 2. The van der Waals surface area contributed by atoms with Gasteiger partial charge in [-0.1, -0.05) is 0 Å². The smallest absolute Gasteiger partial charge is 0.191 e. The minimum Gasteiger partial charge on any atom is -0.361 e. The van der Waals surface area contributed by atoms with Crippen molar-refractivity contribution in [2.24, 2.45) is 10.9 Å². The first-order valence-corrected chi connectivity index (χ1v) is 9.62. The minimum atomic E-state index is -0.195. The van der Waals surface area contributed by atoms with Gasteiger partial charge in [0.25, 0.3) is 0 Å². The lowest BCUT2D eigenvalue weighted by molar-refractivity contribution is 0.223. The van der Waals surface area contributed by atoms with E-state index in [9.17, 15) is 4.39 Å². The summed E-state index contributed by atoms with van der Waals surface area (Å²) in [6.07, 6.45) is 5.23. The second kappa shape index (κ2) is 9.03. The summed E-state index contributed by atoms with van der Waals surface area (Å²) in [5.41, 5.74) is 2.10. The van der Waals surface area contributed by atoms with Crippen LogP contribution in [-0.4, -0.2) is 55.6 Å². The Hall–Kier alpha value is -2.08. The fourth-order valence-electron chi connectivity index (χ4n) is 3.48. The van der Waals surface area contributed by atoms with Crippen molar-refractivity contribution in [2.45, 2.75) is 26.2 Å². The lowest BCUT2D eigenvalue weighted by Crippen LogP contribution is -2.39. The Kier molecular flexibility index (Phi) is 6.50. The third-order valence-electron chi connectivity index (χ3n) is 5.11. The molecule has 26 heavy (non-hydrogen) atoms. The number of piperidine rings is 1. The number of halogens is 1. The van der Waals surface area contributed by atoms with Crippen LogP contribution in [-0.2, 0) is 6.42 Å². The van der Waals surface area contributed by atoms with Crippen LogP contribution in [0, 0.1) is 11.7 Å². The Labute approximate surface area is 155 Å². The average Bonchev–Trinajstić information content (AvgIpc) is 3.03. The molecular weight excluding hydrogens is 329 g/mol. The van der Waals surface area contributed by atoms with Gasteiger partial charge in [0.15, 0.2) is 5.96 Å². The van der Waals surface area contributed by atoms with E-state index in [1.54, 1.807) is 12.1 Å². The topological polar surface area (TPSA) is 55.5 Å². The number of likely N-dealkylation sites (tertiary alicyclic amines) is 1. The second-order valence-electron chi connectivity index (χ2n) is 7.15. The summed E-state index contributed by atoms with van der Waals surface area (Å²) < 4.78 is 13.5. The van der Waals surface area contributed by atoms with Gasteiger partial charge in [-0.05, 0) is 76.0 Å². The number of benzene rings is 1. The van der Waals surface area contributed by atoms with Crippen LogP contribution in [0.2, 0.25) is 0 Å². The van der Waals surface area contributed by atoms with Crippen molar-refractivity contribution >= 4 is 16.9 Å². The molecule has 0 radical (unpaired) electrons. The van der Waals surface area contributed by atoms with E-state index < -0.39 is 0 Å². The SMILES string of the molecule is CCNC(=NCC1CCN(C)CC1)NCCc1c[nH]c2ccc(F)cc12. The van der Waals surface area contributed by atoms with Crippen LogP contribution >= 0.6 is 0 Å². The van der Waals surface area contributed by atoms with Gasteiger partial charge in [0.05, 0.1) is 0 Å². The first-order valence-electron chi connectivity index (χ1n) is 9.62. The van der Waals surface area contributed by atoms with Crippen molar-refractivity contribution in [3.8, 4) is 0 Å². The van der Waals surface area contributed by atoms with Gasteiger partial charge in [-0.3, -0.25) is 4.99 Å². The molecule has 1 aromatic carbocycles. The predicted molar refractivity (Wildman–Crippen MR) is 106 cm³/mol. The van der Waals surface area contributed by atoms with Gasteiger partial charge in [-0.25, -0.2) is 4.39 Å². The van der Waals surface area contributed by atoms with Crippen LogP contribution in [0.3, 0.4) is 0 Å². The lowest BCUT2D eigenvalue weighted by atomic mass is 9.97. The lowest BCUT2D eigenvalue weighted by Gasteiger charge is -2.28. The van der Waals surface area contributed by atoms with E-state index >= 15 is 0 Å². The molecule has 2 heterocycles. The fraction of sp³-hybridized carbons (Fsp3) is 0.550. The fourth-order valence-corrected chi connectivity index (χ4v) is 3.48. The second-order valence-corrected chi connectivity index (χ2v) is 7.15. The molecule has 0 amide bonds. The molecule has 1 aromatic heterocycles. The molecule has 1 fully saturated rings. The van der Waals surface area contributed by atoms with Gasteiger partial charge in [-0.15, -0.1) is 0 Å². The van der Waals surface area contributed by atoms with Gasteiger partial charge in [0.2, 0.25) is 0 Å². The Bertz CT molecular complexity index is 731. The van der Waals surface area contributed by atoms with Crippen molar-refractivity contribution in [1.29, 1.82) is 0 Å². The Morgan fingerprint density at radius 1 is 1.31 bits per heavy atom. The normalized spacial score (nSPS) is 17.0. The molecule has 3 rings (SSSR count). The molecular formula is C20H30FN5. The van der Waals surface area contributed by atoms with E-state index in [0.717, 1.165) is 48.5 Å². The van der Waals surface area contributed by atoms with E-state index in [4.69, 9.17) is 4.99 Å². The minimum absolute atomic E-state index is 0.195. The zero-order valence-electron chi connectivity index (χ0n) is 15.8. The number of hydrogen-bond acceptors (Lipinski definition) is 2. The zero-order valence-corrected chi connectivity index (χ0v) is 15.8. The molecule has 142 valence electrons. The molecule has 5 nitrogen and oxygen atoms in total. The number of fused-ring (bicyclic) bond motifs is 1. The van der Waals surface area contributed by atoms with Crippen LogP contribution < -0.4 is 10.6 Å². The summed E-state index contributed by atoms with van der Waals surface area (Å²) in [5, 5.41) is 7.68. The zero-order chi connectivity index (χ0) is 18.4. The third-order valence-corrected chi connectivity index (χ3v) is 5.11. The van der Waals surface area contributed by atoms with Gasteiger partial charge < -0.3 is 20.5 Å². The van der Waals surface area contributed by atoms with E-state index in [1.807, 2.05) is 6.20 Å². The van der Waals surface area contributed by atoms with Crippen LogP contribution in [0.15, 0.2) is 29.4 Å². The molecule has 0 atom stereocenters. The van der Waals surface area contributed by atoms with Crippen LogP contribution in [0.25, 0.3) is 10.9 Å². The molecule has 2 aromatic rings. The number of aliphatic imine (C=N–C) groups is 1. The third kappa shape index (κ3) is 4.97. The summed E-state index contributed by atoms with van der Waals surface area (Å²) in [5.74, 6) is 1.36. The predicted octanol–water partition coefficient (Wildman–Crippen LogP) is 2.75. The molecule has 1 aliphatic heterocycles. The number of aromatic nitrogens is 1. The summed E-state index contributed by atoms with van der Waals surface area (Å²) in [6, 6.07) is 4.87. The summed E-state index contributed by atoms with van der Waals surface area (Å²) in [7, 11) is 2.18. The number of nitrogens with one attached hydrogen (secondary N) is 3. The average molecular weight is 359 g/mol. The van der Waals surface area contributed by atoms with E-state index in [-0.39, 0.29) is 5.82 Å². The monoisotopic (exact) mass is 359 g/mol. The highest BCUT2D eigenvalue weighted by Crippen LogP contribution is 2.19. The van der Waals surface area contributed by atoms with Crippen molar-refractivity contribution in [2.75, 3.05) is 39.8 Å². The highest BCUT2D eigenvalue weighted by atomic mass is 19.1. The molecule has 0 saturated carbocycles. The van der Waals surface area contributed by atoms with Gasteiger partial charge >= 0.3 is 0 Å². The molecule has 0 spiro atoms. The summed E-state index contributed by atoms with van der Waals surface area (Å²) in [4.78, 5) is 10.4. The maximum Gasteiger partial charge on any atom is 0.191 e. The molecule has 3 N–H and O–H groups in total. The standard InChI is InChI=1S/C20H30FN5/c1-3-22-20(25-13-15-7-10-26(2)11-8-15)23-9-6-16-14-24-19-5-4-17(21)12-18(16)19/h4-5,12,14-15,24H,3,6-11,13H2,1-2H3,(H2,22,23,25). The van der Waals surface area contributed by atoms with Crippen molar-refractivity contribution in [3.05, 3.63) is 35.8 Å². The van der Waals surface area contributed by atoms with E-state index in [2.05, 4.69) is 34.5 Å². The number of hydrogen-bond donors (Lipinski definition) is 3. The number of aromatic amines is 1. The molecule has 1 aliphatic rings. The van der Waals surface area contributed by atoms with E-state index in [0.29, 0.717) is 5.92 Å². The molecule has 6 heteroatoms. The number of rotatable bonds is 6. The molecule has 0 unspecified atom stereocenters. The van der Waals surface area contributed by atoms with E-state index in [1.165, 1.54) is 32.0 Å². The highest BCUT2D eigenvalue weighted by Gasteiger charge is 2.16. The van der Waals surface area contributed by atoms with Gasteiger partial charge in [0.1, 0.15) is 5.82 Å². The number of guanidine groups is 1. The Balaban J connectivity index is 1.53. The maximum atomic E-state index is 13.5. The van der Waals surface area contributed by atoms with Crippen molar-refractivity contribution in [1.82, 2.24) is 20.5 Å². The van der Waals surface area contributed by atoms with Gasteiger partial charge in [0, 0.05) is 36.7 Å². The Morgan fingerprint density at radius 3 is 2.88 bits per heavy atom. The Morgan fingerprint density at radius 2 is 2.12 bits per heavy atom. The van der Waals surface area contributed by atoms with Crippen molar-refractivity contribution < 1.29 is 4.39 Å². The number of H-pyrrole nitrogens is 1. The highest BCUT2D eigenvalue weighted by molar-refractivity contribution is 5.83. The van der Waals surface area contributed by atoms with Crippen LogP contribution in [0.4, 0.5) is 4.39 Å². The van der Waals surface area contributed by atoms with Crippen LogP contribution in [0.1, 0.15) is 25.3 Å². The van der Waals surface area contributed by atoms with Crippen LogP contribution in [0.5, 0.6) is 0 Å². The molecule has 0 bridgehead atoms. The molecule has 0 aliphatic carbocycles. The first kappa shape index (κ1) is 18.7. The quantitative estimate of drug-likeness (QED) is 0.549. The first-order chi connectivity index (χ1) is 12.7. The van der Waals surface area contributed by atoms with Crippen molar-refractivity contribution in [3.63, 3.8) is 0 Å². The maximum absolute atomic E-state index is 13.5. The summed E-state index contributed by atoms with van der Waals surface area (Å²) in [6.45, 7) is 6.90. The van der Waals surface area contributed by atoms with Gasteiger partial charge in [-0.2, -0.15) is 0 Å². The largest absolute Gasteiger partial charge is 0.361 e. The summed E-state index contributed by atoms with van der Waals surface area (Å²) >= 11 is 0.